The molecule has 0 bridgehead atoms. The lowest BCUT2D eigenvalue weighted by Crippen LogP contribution is -2.44. The topological polar surface area (TPSA) is 108 Å². The summed E-state index contributed by atoms with van der Waals surface area (Å²) in [5, 5.41) is 10.8. The van der Waals surface area contributed by atoms with Crippen LogP contribution in [-0.2, 0) is 9.47 Å². The Labute approximate surface area is 164 Å². The fourth-order valence-corrected chi connectivity index (χ4v) is 1.99. The minimum Gasteiger partial charge on any atom is -0.493 e. The van der Waals surface area contributed by atoms with Gasteiger partial charge in [0.15, 0.2) is 0 Å². The SMILES string of the molecule is CC(C)(C)OC(=O)N(CCCOc1cccc([N+](=O)[O-])c1)C(=O)OC(C)(C)C. The van der Waals surface area contributed by atoms with Crippen molar-refractivity contribution in [1.82, 2.24) is 4.90 Å². The molecule has 0 aromatic heterocycles. The van der Waals surface area contributed by atoms with Crippen molar-refractivity contribution >= 4 is 17.9 Å². The fraction of sp³-hybridized carbons (Fsp3) is 0.579. The molecule has 0 fully saturated rings. The molecular formula is C19H28N2O7. The Morgan fingerprint density at radius 1 is 1.04 bits per heavy atom. The Morgan fingerprint density at radius 3 is 2.04 bits per heavy atom. The van der Waals surface area contributed by atoms with Gasteiger partial charge in [-0.05, 0) is 54.0 Å². The number of non-ortho nitro benzene ring substituents is 1. The van der Waals surface area contributed by atoms with Gasteiger partial charge in [-0.3, -0.25) is 10.1 Å². The van der Waals surface area contributed by atoms with Crippen LogP contribution in [0.5, 0.6) is 5.75 Å². The maximum Gasteiger partial charge on any atom is 0.419 e. The molecule has 0 aliphatic heterocycles. The molecule has 28 heavy (non-hydrogen) atoms. The highest BCUT2D eigenvalue weighted by Gasteiger charge is 2.30. The summed E-state index contributed by atoms with van der Waals surface area (Å²) in [5.41, 5.74) is -1.62. The van der Waals surface area contributed by atoms with Crippen molar-refractivity contribution in [3.05, 3.63) is 34.4 Å². The summed E-state index contributed by atoms with van der Waals surface area (Å²) in [6.07, 6.45) is -1.32. The van der Waals surface area contributed by atoms with Gasteiger partial charge in [-0.25, -0.2) is 14.5 Å². The highest BCUT2D eigenvalue weighted by molar-refractivity contribution is 5.88. The van der Waals surface area contributed by atoms with Gasteiger partial charge in [0.2, 0.25) is 0 Å². The van der Waals surface area contributed by atoms with Crippen molar-refractivity contribution in [2.75, 3.05) is 13.2 Å². The number of hydrogen-bond donors (Lipinski definition) is 0. The van der Waals surface area contributed by atoms with Crippen LogP contribution < -0.4 is 4.74 Å². The van der Waals surface area contributed by atoms with Crippen molar-refractivity contribution in [2.24, 2.45) is 0 Å². The number of hydrogen-bond acceptors (Lipinski definition) is 7. The van der Waals surface area contributed by atoms with E-state index < -0.39 is 28.3 Å². The van der Waals surface area contributed by atoms with Gasteiger partial charge in [-0.15, -0.1) is 0 Å². The van der Waals surface area contributed by atoms with Gasteiger partial charge in [-0.2, -0.15) is 0 Å². The lowest BCUT2D eigenvalue weighted by atomic mass is 10.2. The molecule has 1 aromatic carbocycles. The van der Waals surface area contributed by atoms with Crippen LogP contribution in [0.15, 0.2) is 24.3 Å². The lowest BCUT2D eigenvalue weighted by Gasteiger charge is -2.28. The van der Waals surface area contributed by atoms with E-state index in [-0.39, 0.29) is 18.8 Å². The van der Waals surface area contributed by atoms with E-state index in [1.807, 2.05) is 0 Å². The monoisotopic (exact) mass is 396 g/mol. The van der Waals surface area contributed by atoms with Gasteiger partial charge < -0.3 is 14.2 Å². The summed E-state index contributed by atoms with van der Waals surface area (Å²) < 4.78 is 16.0. The first-order valence-electron chi connectivity index (χ1n) is 8.89. The van der Waals surface area contributed by atoms with E-state index in [9.17, 15) is 19.7 Å². The number of nitrogens with zero attached hydrogens (tertiary/aromatic N) is 2. The van der Waals surface area contributed by atoms with Gasteiger partial charge in [0, 0.05) is 12.6 Å². The van der Waals surface area contributed by atoms with Crippen molar-refractivity contribution < 1.29 is 28.7 Å². The molecule has 0 heterocycles. The molecule has 0 aliphatic carbocycles. The highest BCUT2D eigenvalue weighted by atomic mass is 16.6. The van der Waals surface area contributed by atoms with Crippen LogP contribution in [0.4, 0.5) is 15.3 Å². The minimum atomic E-state index is -0.808. The predicted molar refractivity (Wildman–Crippen MR) is 102 cm³/mol. The van der Waals surface area contributed by atoms with E-state index in [1.165, 1.54) is 18.2 Å². The summed E-state index contributed by atoms with van der Waals surface area (Å²) in [5.74, 6) is 0.329. The Balaban J connectivity index is 2.70. The molecule has 0 spiro atoms. The van der Waals surface area contributed by atoms with Crippen LogP contribution in [0.3, 0.4) is 0 Å². The normalized spacial score (nSPS) is 11.5. The van der Waals surface area contributed by atoms with E-state index in [1.54, 1.807) is 47.6 Å². The van der Waals surface area contributed by atoms with Crippen LogP contribution in [0.25, 0.3) is 0 Å². The maximum absolute atomic E-state index is 12.4. The number of nitro groups is 1. The molecule has 2 amide bonds. The standard InChI is InChI=1S/C19H28N2O7/c1-18(2,3)27-16(22)20(17(23)28-19(4,5)6)11-8-12-26-15-10-7-9-14(13-15)21(24)25/h7,9-10,13H,8,11-12H2,1-6H3. The summed E-state index contributed by atoms with van der Waals surface area (Å²) >= 11 is 0. The van der Waals surface area contributed by atoms with E-state index >= 15 is 0 Å². The Hall–Kier alpha value is -2.84. The van der Waals surface area contributed by atoms with Crippen LogP contribution >= 0.6 is 0 Å². The molecule has 1 rings (SSSR count). The minimum absolute atomic E-state index is 0.0127. The number of carbonyl (C=O) groups is 2. The number of imide groups is 1. The second kappa shape index (κ2) is 9.38. The largest absolute Gasteiger partial charge is 0.493 e. The molecule has 9 heteroatoms. The third kappa shape index (κ3) is 8.70. The predicted octanol–water partition coefficient (Wildman–Crippen LogP) is 4.54. The van der Waals surface area contributed by atoms with Gasteiger partial charge in [-0.1, -0.05) is 6.07 Å². The summed E-state index contributed by atoms with van der Waals surface area (Å²) in [7, 11) is 0. The molecule has 9 nitrogen and oxygen atoms in total. The first-order valence-corrected chi connectivity index (χ1v) is 8.89. The Bertz CT molecular complexity index is 677. The molecule has 0 aliphatic rings. The van der Waals surface area contributed by atoms with Gasteiger partial charge in [0.25, 0.3) is 5.69 Å². The lowest BCUT2D eigenvalue weighted by molar-refractivity contribution is -0.384. The van der Waals surface area contributed by atoms with Gasteiger partial charge in [0.1, 0.15) is 17.0 Å². The number of benzene rings is 1. The van der Waals surface area contributed by atoms with Gasteiger partial charge in [0.05, 0.1) is 17.6 Å². The quantitative estimate of drug-likeness (QED) is 0.395. The zero-order valence-corrected chi connectivity index (χ0v) is 17.2. The molecule has 0 saturated carbocycles. The highest BCUT2D eigenvalue weighted by Crippen LogP contribution is 2.19. The number of nitro benzene ring substituents is 1. The number of carbonyl (C=O) groups excluding carboxylic acids is 2. The molecule has 1 aromatic rings. The zero-order valence-electron chi connectivity index (χ0n) is 17.2. The average Bonchev–Trinajstić information content (AvgIpc) is 2.51. The third-order valence-electron chi connectivity index (χ3n) is 3.05. The molecule has 0 N–H and O–H groups in total. The molecule has 0 atom stereocenters. The summed E-state index contributed by atoms with van der Waals surface area (Å²) in [4.78, 5) is 35.9. The zero-order chi connectivity index (χ0) is 21.5. The van der Waals surface area contributed by atoms with Crippen molar-refractivity contribution in [2.45, 2.75) is 59.2 Å². The smallest absolute Gasteiger partial charge is 0.419 e. The number of ether oxygens (including phenoxy) is 3. The van der Waals surface area contributed by atoms with E-state index in [4.69, 9.17) is 14.2 Å². The molecule has 0 saturated heterocycles. The summed E-state index contributed by atoms with van der Waals surface area (Å²) in [6.45, 7) is 10.3. The summed E-state index contributed by atoms with van der Waals surface area (Å²) in [6, 6.07) is 5.77. The molecule has 0 unspecified atom stereocenters. The van der Waals surface area contributed by atoms with E-state index in [0.717, 1.165) is 4.90 Å². The first-order chi connectivity index (χ1) is 12.8. The number of rotatable bonds is 6. The fourth-order valence-electron chi connectivity index (χ4n) is 1.99. The Kier molecular flexibility index (Phi) is 7.78. The van der Waals surface area contributed by atoms with Crippen LogP contribution in [-0.4, -0.2) is 46.4 Å². The van der Waals surface area contributed by atoms with E-state index in [0.29, 0.717) is 12.2 Å². The second-order valence-electron chi connectivity index (χ2n) is 8.07. The molecule has 0 radical (unpaired) electrons. The third-order valence-corrected chi connectivity index (χ3v) is 3.05. The van der Waals surface area contributed by atoms with Gasteiger partial charge >= 0.3 is 12.2 Å². The van der Waals surface area contributed by atoms with Crippen molar-refractivity contribution in [3.63, 3.8) is 0 Å². The van der Waals surface area contributed by atoms with Crippen LogP contribution in [0.2, 0.25) is 0 Å². The first kappa shape index (κ1) is 23.2. The van der Waals surface area contributed by atoms with Crippen molar-refractivity contribution in [1.29, 1.82) is 0 Å². The molecule has 156 valence electrons. The van der Waals surface area contributed by atoms with Crippen LogP contribution in [0, 0.1) is 10.1 Å². The average molecular weight is 396 g/mol. The van der Waals surface area contributed by atoms with Crippen LogP contribution in [0.1, 0.15) is 48.0 Å². The second-order valence-corrected chi connectivity index (χ2v) is 8.07. The maximum atomic E-state index is 12.4. The number of amides is 2. The van der Waals surface area contributed by atoms with Crippen molar-refractivity contribution in [3.8, 4) is 5.75 Å². The van der Waals surface area contributed by atoms with E-state index in [2.05, 4.69) is 0 Å². The Morgan fingerprint density at radius 2 is 1.57 bits per heavy atom. The molecular weight excluding hydrogens is 368 g/mol.